The third-order valence-corrected chi connectivity index (χ3v) is 10.5. The van der Waals surface area contributed by atoms with Gasteiger partial charge >= 0.3 is 0 Å². The highest BCUT2D eigenvalue weighted by atomic mass is 16.3. The summed E-state index contributed by atoms with van der Waals surface area (Å²) in [6, 6.07) is 0. The lowest BCUT2D eigenvalue weighted by Gasteiger charge is -2.54. The third kappa shape index (κ3) is 3.41. The fraction of sp³-hybridized carbons (Fsp3) is 0.821. The van der Waals surface area contributed by atoms with E-state index >= 15 is 0 Å². The van der Waals surface area contributed by atoms with Crippen molar-refractivity contribution in [3.05, 3.63) is 22.8 Å². The second-order valence-corrected chi connectivity index (χ2v) is 12.3. The topological polar surface area (TPSA) is 57.5 Å². The number of hydrogen-bond donors (Lipinski definition) is 2. The van der Waals surface area contributed by atoms with Gasteiger partial charge in [0.2, 0.25) is 0 Å². The molecule has 2 saturated carbocycles. The van der Waals surface area contributed by atoms with Gasteiger partial charge in [-0.15, -0.1) is 0 Å². The van der Waals surface area contributed by atoms with Crippen molar-refractivity contribution < 1.29 is 15.0 Å². The lowest BCUT2D eigenvalue weighted by atomic mass is 9.51. The number of allylic oxidation sites excluding steroid dienone is 2. The molecule has 0 radical (unpaired) electrons. The maximum Gasteiger partial charge on any atom is 0.184 e. The van der Waals surface area contributed by atoms with E-state index in [-0.39, 0.29) is 22.7 Å². The minimum atomic E-state index is -0.999. The molecule has 4 rings (SSSR count). The van der Waals surface area contributed by atoms with Gasteiger partial charge in [-0.25, -0.2) is 0 Å². The molecule has 0 aromatic heterocycles. The van der Waals surface area contributed by atoms with E-state index in [4.69, 9.17) is 0 Å². The summed E-state index contributed by atoms with van der Waals surface area (Å²) < 4.78 is 0. The number of hydrogen-bond acceptors (Lipinski definition) is 3. The van der Waals surface area contributed by atoms with Crippen molar-refractivity contribution in [3.8, 4) is 0 Å². The van der Waals surface area contributed by atoms with Crippen LogP contribution in [0.2, 0.25) is 0 Å². The van der Waals surface area contributed by atoms with Gasteiger partial charge in [0.25, 0.3) is 0 Å². The molecule has 4 aliphatic carbocycles. The smallest absolute Gasteiger partial charge is 0.184 e. The van der Waals surface area contributed by atoms with Gasteiger partial charge in [-0.2, -0.15) is 0 Å². The molecule has 3 nitrogen and oxygen atoms in total. The lowest BCUT2D eigenvalue weighted by molar-refractivity contribution is -0.120. The summed E-state index contributed by atoms with van der Waals surface area (Å²) in [6.07, 6.45) is 9.76. The van der Waals surface area contributed by atoms with Crippen molar-refractivity contribution in [1.29, 1.82) is 0 Å². The normalized spacial score (nSPS) is 42.1. The van der Waals surface area contributed by atoms with E-state index in [1.165, 1.54) is 18.4 Å². The highest BCUT2D eigenvalue weighted by Gasteiger charge is 2.64. The van der Waals surface area contributed by atoms with E-state index in [0.29, 0.717) is 30.6 Å². The lowest BCUT2D eigenvalue weighted by Crippen LogP contribution is -2.54. The molecular weight excluding hydrogens is 384 g/mol. The van der Waals surface area contributed by atoms with Gasteiger partial charge in [-0.1, -0.05) is 65.5 Å². The Morgan fingerprint density at radius 1 is 1.06 bits per heavy atom. The highest BCUT2D eigenvalue weighted by molar-refractivity contribution is 6.08. The van der Waals surface area contributed by atoms with Crippen molar-refractivity contribution in [2.75, 3.05) is 0 Å². The first-order valence-electron chi connectivity index (χ1n) is 12.8. The largest absolute Gasteiger partial charge is 0.393 e. The molecule has 0 heterocycles. The summed E-state index contributed by atoms with van der Waals surface area (Å²) in [6.45, 7) is 13.9. The monoisotopic (exact) mass is 428 g/mol. The summed E-state index contributed by atoms with van der Waals surface area (Å²) in [4.78, 5) is 13.4. The molecule has 3 heteroatoms. The number of aliphatic hydroxyl groups is 2. The quantitative estimate of drug-likeness (QED) is 0.565. The molecule has 0 spiro atoms. The van der Waals surface area contributed by atoms with E-state index in [2.05, 4.69) is 41.5 Å². The molecule has 4 aliphatic rings. The Bertz CT molecular complexity index is 807. The number of fused-ring (bicyclic) bond motifs is 4. The maximum atomic E-state index is 13.4. The van der Waals surface area contributed by atoms with E-state index < -0.39 is 5.60 Å². The molecule has 0 bridgehead atoms. The minimum Gasteiger partial charge on any atom is -0.393 e. The van der Waals surface area contributed by atoms with Gasteiger partial charge in [0.05, 0.1) is 11.7 Å². The average Bonchev–Trinajstić information content (AvgIpc) is 2.98. The van der Waals surface area contributed by atoms with Crippen LogP contribution in [0, 0.1) is 34.5 Å². The zero-order valence-electron chi connectivity index (χ0n) is 20.6. The number of carbonyl (C=O) groups is 1. The Kier molecular flexibility index (Phi) is 5.87. The van der Waals surface area contributed by atoms with Crippen molar-refractivity contribution >= 4 is 5.78 Å². The summed E-state index contributed by atoms with van der Waals surface area (Å²) in [5, 5.41) is 22.4. The molecular formula is C28H44O3. The first-order valence-corrected chi connectivity index (χ1v) is 12.8. The van der Waals surface area contributed by atoms with Crippen LogP contribution < -0.4 is 0 Å². The summed E-state index contributed by atoms with van der Waals surface area (Å²) >= 11 is 0. The second-order valence-electron chi connectivity index (χ2n) is 12.3. The fourth-order valence-corrected chi connectivity index (χ4v) is 7.70. The predicted octanol–water partition coefficient (Wildman–Crippen LogP) is 5.99. The molecule has 0 amide bonds. The third-order valence-electron chi connectivity index (χ3n) is 10.5. The van der Waals surface area contributed by atoms with E-state index in [9.17, 15) is 15.0 Å². The van der Waals surface area contributed by atoms with E-state index in [1.807, 2.05) is 0 Å². The first kappa shape index (κ1) is 23.2. The standard InChI is InChI=1S/C28H44O3/c1-17(2)18(3)7-8-19(4)22-11-14-28(31)25-23(10-13-27(22,28)6)26(5)12-9-21(29)15-20(26)16-24(25)30/h16-19,21-22,29,31H,7-15H2,1-6H3/t18-,19+,21-,22+,26-,27+,28+/m0/s1. The predicted molar refractivity (Wildman–Crippen MR) is 125 cm³/mol. The minimum absolute atomic E-state index is 0.0201. The van der Waals surface area contributed by atoms with Crippen LogP contribution in [0.4, 0.5) is 0 Å². The van der Waals surface area contributed by atoms with Crippen LogP contribution in [0.25, 0.3) is 0 Å². The van der Waals surface area contributed by atoms with Crippen LogP contribution in [-0.2, 0) is 4.79 Å². The molecule has 0 aromatic carbocycles. The summed E-state index contributed by atoms with van der Waals surface area (Å²) in [5.74, 6) is 2.48. The maximum absolute atomic E-state index is 13.4. The van der Waals surface area contributed by atoms with Crippen LogP contribution in [0.3, 0.4) is 0 Å². The molecule has 0 aromatic rings. The summed E-state index contributed by atoms with van der Waals surface area (Å²) in [7, 11) is 0. The fourth-order valence-electron chi connectivity index (χ4n) is 7.70. The Balaban J connectivity index is 1.64. The first-order chi connectivity index (χ1) is 14.4. The molecule has 174 valence electrons. The van der Waals surface area contributed by atoms with Crippen LogP contribution in [-0.4, -0.2) is 27.7 Å². The Hall–Kier alpha value is -0.930. The van der Waals surface area contributed by atoms with Crippen LogP contribution in [0.1, 0.15) is 99.3 Å². The van der Waals surface area contributed by atoms with E-state index in [0.717, 1.165) is 49.2 Å². The Morgan fingerprint density at radius 2 is 1.77 bits per heavy atom. The van der Waals surface area contributed by atoms with E-state index in [1.54, 1.807) is 6.08 Å². The second kappa shape index (κ2) is 7.83. The number of carbonyl (C=O) groups excluding carboxylic acids is 1. The van der Waals surface area contributed by atoms with Crippen molar-refractivity contribution in [2.24, 2.45) is 34.5 Å². The zero-order valence-corrected chi connectivity index (χ0v) is 20.6. The molecule has 7 atom stereocenters. The molecule has 2 N–H and O–H groups in total. The molecule has 2 fully saturated rings. The average molecular weight is 429 g/mol. The highest BCUT2D eigenvalue weighted by Crippen LogP contribution is 2.66. The molecule has 31 heavy (non-hydrogen) atoms. The Labute approximate surface area is 189 Å². The van der Waals surface area contributed by atoms with Crippen LogP contribution in [0.5, 0.6) is 0 Å². The van der Waals surface area contributed by atoms with Crippen LogP contribution in [0.15, 0.2) is 22.8 Å². The number of rotatable bonds is 5. The summed E-state index contributed by atoms with van der Waals surface area (Å²) in [5.41, 5.74) is 1.65. The van der Waals surface area contributed by atoms with Crippen LogP contribution >= 0.6 is 0 Å². The van der Waals surface area contributed by atoms with Gasteiger partial charge in [0.15, 0.2) is 5.78 Å². The Morgan fingerprint density at radius 3 is 2.45 bits per heavy atom. The van der Waals surface area contributed by atoms with Crippen molar-refractivity contribution in [1.82, 2.24) is 0 Å². The van der Waals surface area contributed by atoms with Gasteiger partial charge in [0.1, 0.15) is 0 Å². The van der Waals surface area contributed by atoms with Gasteiger partial charge in [0, 0.05) is 16.4 Å². The zero-order chi connectivity index (χ0) is 22.8. The van der Waals surface area contributed by atoms with Gasteiger partial charge in [-0.3, -0.25) is 4.79 Å². The number of aliphatic hydroxyl groups excluding tert-OH is 1. The van der Waals surface area contributed by atoms with Gasteiger partial charge < -0.3 is 10.2 Å². The molecule has 0 aliphatic heterocycles. The van der Waals surface area contributed by atoms with Gasteiger partial charge in [-0.05, 0) is 74.7 Å². The SMILES string of the molecule is CC(C)[C@@H](C)CC[C@@H](C)[C@H]1CC[C@@]2(O)C3=C(CC[C@]12C)[C@@]1(C)CC[C@H](O)CC1=CC3=O. The number of ketones is 1. The van der Waals surface area contributed by atoms with Crippen molar-refractivity contribution in [2.45, 2.75) is 111 Å². The van der Waals surface area contributed by atoms with Crippen molar-refractivity contribution in [3.63, 3.8) is 0 Å². The molecule has 0 unspecified atom stereocenters. The molecule has 0 saturated heterocycles.